The van der Waals surface area contributed by atoms with Crippen molar-refractivity contribution in [2.75, 3.05) is 133 Å². The minimum atomic E-state index is -3.87. The first-order chi connectivity index (χ1) is 33.2. The summed E-state index contributed by atoms with van der Waals surface area (Å²) >= 11 is 0. The van der Waals surface area contributed by atoms with Crippen LogP contribution >= 0.6 is 15.1 Å². The van der Waals surface area contributed by atoms with Crippen molar-refractivity contribution in [3.63, 3.8) is 0 Å². The number of halogens is 4. The monoisotopic (exact) mass is 1220 g/mol. The van der Waals surface area contributed by atoms with Gasteiger partial charge in [-0.05, 0) is 81.8 Å². The lowest BCUT2D eigenvalue weighted by Crippen LogP contribution is -2.44. The molecule has 0 saturated carbocycles. The highest BCUT2D eigenvalue weighted by Gasteiger charge is 2.45. The lowest BCUT2D eigenvalue weighted by molar-refractivity contribution is -0.163. The van der Waals surface area contributed by atoms with Crippen molar-refractivity contribution in [2.24, 2.45) is 4.36 Å². The van der Waals surface area contributed by atoms with Crippen molar-refractivity contribution >= 4 is 116 Å². The summed E-state index contributed by atoms with van der Waals surface area (Å²) in [6, 6.07) is 0. The van der Waals surface area contributed by atoms with Crippen LogP contribution in [0.5, 0.6) is 0 Å². The summed E-state index contributed by atoms with van der Waals surface area (Å²) in [5.41, 5.74) is 0. The Labute approximate surface area is 466 Å². The molecule has 20 nitrogen and oxygen atoms in total. The Morgan fingerprint density at radius 3 is 0.753 bits per heavy atom. The van der Waals surface area contributed by atoms with E-state index in [0.29, 0.717) is 19.7 Å². The molecule has 0 aliphatic rings. The zero-order valence-electron chi connectivity index (χ0n) is 52.7. The summed E-state index contributed by atoms with van der Waals surface area (Å²) in [6.45, 7) is 32.7. The van der Waals surface area contributed by atoms with Crippen LogP contribution in [0.1, 0.15) is 76.2 Å². The van der Waals surface area contributed by atoms with Gasteiger partial charge < -0.3 is 28.9 Å². The Hall–Kier alpha value is -3.58. The van der Waals surface area contributed by atoms with E-state index in [1.165, 1.54) is 100 Å². The van der Waals surface area contributed by atoms with Gasteiger partial charge in [0, 0.05) is 142 Å². The summed E-state index contributed by atoms with van der Waals surface area (Å²) < 4.78 is 103. The quantitative estimate of drug-likeness (QED) is 0.0856. The molecule has 0 fully saturated rings. The third kappa shape index (κ3) is 200. The number of carbonyl (C=O) groups is 11. The molecule has 0 rings (SSSR count). The van der Waals surface area contributed by atoms with E-state index in [9.17, 15) is 91.7 Å². The second-order valence-corrected chi connectivity index (χ2v) is 31.8. The molecule has 0 aliphatic heterocycles. The summed E-state index contributed by atoms with van der Waals surface area (Å²) in [7, 11) is 3.65. The second kappa shape index (κ2) is 58.6. The van der Waals surface area contributed by atoms with Gasteiger partial charge >= 0.3 is 17.8 Å². The van der Waals surface area contributed by atoms with Crippen LogP contribution in [0.3, 0.4) is 0 Å². The molecule has 77 heavy (non-hydrogen) atoms. The second-order valence-electron chi connectivity index (χ2n) is 18.8. The lowest BCUT2D eigenvalue weighted by Gasteiger charge is -2.17. The Morgan fingerprint density at radius 2 is 0.727 bits per heavy atom. The zero-order valence-corrected chi connectivity index (χ0v) is 57.0. The fourth-order valence-corrected chi connectivity index (χ4v) is 1.25. The van der Waals surface area contributed by atoms with Crippen molar-refractivity contribution in [2.45, 2.75) is 108 Å². The molecule has 0 spiro atoms. The summed E-state index contributed by atoms with van der Waals surface area (Å²) in [5.74, 6) is -13.1. The number of amides is 2. The maximum absolute atomic E-state index is 12.4. The normalized spacial score (nSPS) is 9.56. The maximum Gasteiger partial charge on any atom is 0.381 e. The van der Waals surface area contributed by atoms with Crippen LogP contribution in [0.2, 0.25) is 20.5 Å². The average molecular weight is 1220 g/mol. The maximum atomic E-state index is 12.4. The van der Waals surface area contributed by atoms with E-state index in [0.717, 1.165) is 26.1 Å². The van der Waals surface area contributed by atoms with Crippen molar-refractivity contribution in [3.05, 3.63) is 0 Å². The number of rotatable bonds is 8. The van der Waals surface area contributed by atoms with Gasteiger partial charge in [-0.1, -0.05) is 20.5 Å². The van der Waals surface area contributed by atoms with E-state index < -0.39 is 85.1 Å². The molecule has 0 aromatic heterocycles. The van der Waals surface area contributed by atoms with E-state index in [-0.39, 0.29) is 34.7 Å². The van der Waals surface area contributed by atoms with Crippen LogP contribution in [0.4, 0.5) is 17.6 Å². The largest absolute Gasteiger partial charge is 0.381 e. The summed E-state index contributed by atoms with van der Waals surface area (Å²) in [6.07, 6.45) is 8.81. The first kappa shape index (κ1) is 105. The molecular formula is C47H101BF4N4O16P2S3. The molecule has 0 atom stereocenters. The number of ketones is 9. The molecule has 0 saturated heterocycles. The zero-order chi connectivity index (χ0) is 66.7. The molecule has 464 valence electrons. The molecule has 0 N–H and O–H groups in total. The Balaban J connectivity index is -0.0000000532. The van der Waals surface area contributed by atoms with Crippen molar-refractivity contribution in [1.82, 2.24) is 14.7 Å². The van der Waals surface area contributed by atoms with Crippen LogP contribution in [-0.4, -0.2) is 247 Å². The van der Waals surface area contributed by atoms with Crippen LogP contribution in [0.15, 0.2) is 4.36 Å². The predicted molar refractivity (Wildman–Crippen MR) is 316 cm³/mol. The molecule has 0 heterocycles. The molecule has 0 radical (unpaired) electrons. The van der Waals surface area contributed by atoms with Crippen LogP contribution in [-0.2, 0) is 87.7 Å². The van der Waals surface area contributed by atoms with Crippen LogP contribution < -0.4 is 0 Å². The number of Topliss-reactive ketones (excluding diaryl/α,β-unsaturated/α-hetero) is 9. The highest BCUT2D eigenvalue weighted by molar-refractivity contribution is 7.92. The average Bonchev–Trinajstić information content (AvgIpc) is 3.12. The van der Waals surface area contributed by atoms with Gasteiger partial charge in [-0.3, -0.25) is 51.6 Å². The highest BCUT2D eigenvalue weighted by Crippen LogP contribution is 2.28. The van der Waals surface area contributed by atoms with E-state index in [1.807, 2.05) is 0 Å². The van der Waals surface area contributed by atoms with Crippen molar-refractivity contribution in [1.29, 1.82) is 0 Å². The van der Waals surface area contributed by atoms with E-state index in [4.69, 9.17) is 0 Å². The van der Waals surface area contributed by atoms with E-state index in [1.54, 1.807) is 66.2 Å². The number of alkyl halides is 4. The topological polar surface area (TPSA) is 295 Å². The third-order valence-electron chi connectivity index (χ3n) is 4.29. The van der Waals surface area contributed by atoms with Gasteiger partial charge in [0.2, 0.25) is 11.6 Å². The van der Waals surface area contributed by atoms with Gasteiger partial charge in [-0.2, -0.15) is 17.6 Å². The Bertz CT molecular complexity index is 1920. The SMILES string of the molecule is CB(C)C.CC(=O)C(=O)N(C)C.CC(=O)C(C)=O.CC(=O)C(C)=O.CC(=O)C(F)(F)C(=O)N(C)C.CC(=O)C(F)(F)CN(C)C.CC(C)=O.CC(C)=O.CN=S(C)(C)=O.CP(C)(C)=O.CP(C)C.CS(C)(=O)=O.CS(C)=O. The fourth-order valence-electron chi connectivity index (χ4n) is 1.25. The summed E-state index contributed by atoms with van der Waals surface area (Å²) in [4.78, 5) is 113. The fraction of sp³-hybridized carbons (Fsp3) is 0.766. The van der Waals surface area contributed by atoms with E-state index >= 15 is 0 Å². The molecule has 0 unspecified atom stereocenters. The minimum absolute atomic E-state index is 0.167. The van der Waals surface area contributed by atoms with Gasteiger partial charge in [0.15, 0.2) is 28.9 Å². The number of hydrogen-bond acceptors (Lipinski definition) is 18. The van der Waals surface area contributed by atoms with Gasteiger partial charge in [0.1, 0.15) is 28.1 Å². The first-order valence-corrected chi connectivity index (χ1v) is 34.5. The highest BCUT2D eigenvalue weighted by atomic mass is 32.2. The van der Waals surface area contributed by atoms with Gasteiger partial charge in [0.25, 0.3) is 5.91 Å². The Morgan fingerprint density at radius 1 is 0.558 bits per heavy atom. The molecule has 30 heteroatoms. The number of hydrogen-bond donors (Lipinski definition) is 0. The molecule has 0 aliphatic carbocycles. The van der Waals surface area contributed by atoms with Gasteiger partial charge in [0.05, 0.1) is 13.7 Å². The number of nitrogens with zero attached hydrogens (tertiary/aromatic N) is 4. The molecule has 0 bridgehead atoms. The first-order valence-electron chi connectivity index (χ1n) is 22.1. The lowest BCUT2D eigenvalue weighted by atomic mass is 9.58. The summed E-state index contributed by atoms with van der Waals surface area (Å²) in [5, 5.41) is 0. The van der Waals surface area contributed by atoms with Crippen LogP contribution in [0, 0.1) is 0 Å². The molecule has 0 aromatic rings. The van der Waals surface area contributed by atoms with Gasteiger partial charge in [-0.15, -0.1) is 7.92 Å². The molecule has 0 aromatic carbocycles. The number of carbonyl (C=O) groups excluding carboxylic acids is 11. The Kier molecular flexibility index (Phi) is 80.2. The third-order valence-corrected chi connectivity index (χ3v) is 5.16. The molecule has 2 amide bonds. The van der Waals surface area contributed by atoms with Crippen molar-refractivity contribution < 1.29 is 91.7 Å². The number of likely N-dealkylation sites (N-methyl/N-ethyl adjacent to an activating group) is 1. The number of sulfone groups is 1. The molecular weight excluding hydrogens is 1120 g/mol. The van der Waals surface area contributed by atoms with Crippen molar-refractivity contribution in [3.8, 4) is 0 Å². The van der Waals surface area contributed by atoms with E-state index in [2.05, 4.69) is 44.8 Å². The van der Waals surface area contributed by atoms with Crippen LogP contribution in [0.25, 0.3) is 0 Å². The predicted octanol–water partition coefficient (Wildman–Crippen LogP) is 6.22. The minimum Gasteiger partial charge on any atom is -0.343 e. The standard InChI is InChI=1S/C6H9F2NO2.C6H11F2NO.C5H9NO2.2C4H6O2.C3H9B.C3H9NOS.C3H9OP.2C3H6O.C3H9P.C2H6O2S.C2H6OS/c1-4(10)6(7,8)5(11)9(2)3;1-5(10)6(7,8)4-9(2)3;1-4(7)5(8)6(2)3;2*1-3(5)4(2)6;1-4(2)3;1-4-6(2,3)5;1-5(2,3)4;2*1-3(2)4;1-4(2)3;1-5(2,3)4;1-4(2)3/h1-3H3;4H2,1-3H3;1-3H3;2*1-2H3;1-3H3;1-3H3;1-3H3;2*1-2H3;1-3H3;1-2H3;1-2H3. The smallest absolute Gasteiger partial charge is 0.343 e. The van der Waals surface area contributed by atoms with Gasteiger partial charge in [-0.25, -0.2) is 12.8 Å².